The van der Waals surface area contributed by atoms with Crippen LogP contribution in [0.1, 0.15) is 33.6 Å². The minimum absolute atomic E-state index is 0. The Labute approximate surface area is 145 Å². The molecule has 0 radical (unpaired) electrons. The fourth-order valence-electron chi connectivity index (χ4n) is 2.31. The zero-order chi connectivity index (χ0) is 16.0. The number of halogens is 2. The van der Waals surface area contributed by atoms with E-state index in [9.17, 15) is 13.6 Å². The van der Waals surface area contributed by atoms with Crippen LogP contribution in [0.5, 0.6) is 0 Å². The molecular formula is C16H23F2NO2Ti. The van der Waals surface area contributed by atoms with Crippen LogP contribution in [0.15, 0.2) is 18.2 Å². The van der Waals surface area contributed by atoms with Crippen LogP contribution in [0.3, 0.4) is 0 Å². The Kier molecular flexibility index (Phi) is 9.05. The van der Waals surface area contributed by atoms with Crippen LogP contribution in [-0.2, 0) is 31.2 Å². The monoisotopic (exact) mass is 347 g/mol. The third-order valence-corrected chi connectivity index (χ3v) is 3.42. The summed E-state index contributed by atoms with van der Waals surface area (Å²) in [4.78, 5) is 14.0. The molecule has 0 saturated carbocycles. The van der Waals surface area contributed by atoms with E-state index < -0.39 is 17.0 Å². The van der Waals surface area contributed by atoms with Gasteiger partial charge in [0.2, 0.25) is 5.91 Å². The molecule has 0 bridgehead atoms. The number of ether oxygens (including phenoxy) is 1. The smallest absolute Gasteiger partial charge is 0.232 e. The van der Waals surface area contributed by atoms with Crippen molar-refractivity contribution in [1.82, 2.24) is 0 Å². The van der Waals surface area contributed by atoms with Crippen LogP contribution in [0, 0.1) is 17.0 Å². The van der Waals surface area contributed by atoms with Crippen molar-refractivity contribution in [2.24, 2.45) is 5.41 Å². The Balaban J connectivity index is 0.00000441. The molecule has 0 spiro atoms. The number of carbonyl (C=O) groups is 1. The Morgan fingerprint density at radius 2 is 1.95 bits per heavy atom. The first kappa shape index (κ1) is 21.2. The van der Waals surface area contributed by atoms with E-state index in [0.29, 0.717) is 6.42 Å². The zero-order valence-corrected chi connectivity index (χ0v) is 15.1. The molecule has 0 heterocycles. The molecule has 1 amide bonds. The number of carbonyl (C=O) groups excluding carboxylic acids is 1. The topological polar surface area (TPSA) is 29.5 Å². The van der Waals surface area contributed by atoms with E-state index in [1.807, 2.05) is 20.8 Å². The molecule has 0 aliphatic carbocycles. The van der Waals surface area contributed by atoms with E-state index >= 15 is 0 Å². The average Bonchev–Trinajstić information content (AvgIpc) is 2.40. The normalized spacial score (nSPS) is 11.0. The third-order valence-electron chi connectivity index (χ3n) is 3.42. The van der Waals surface area contributed by atoms with Crippen molar-refractivity contribution >= 4 is 11.6 Å². The summed E-state index contributed by atoms with van der Waals surface area (Å²) in [5, 5.41) is 0. The van der Waals surface area contributed by atoms with E-state index in [0.717, 1.165) is 18.6 Å². The van der Waals surface area contributed by atoms with Crippen molar-refractivity contribution in [2.75, 3.05) is 25.2 Å². The molecule has 0 saturated heterocycles. The second-order valence-corrected chi connectivity index (χ2v) is 5.68. The summed E-state index contributed by atoms with van der Waals surface area (Å²) in [6.07, 6.45) is 1.54. The number of nitrogens with zero attached hydrogens (tertiary/aromatic N) is 1. The summed E-state index contributed by atoms with van der Waals surface area (Å²) in [6, 6.07) is 3.23. The summed E-state index contributed by atoms with van der Waals surface area (Å²) in [5.41, 5.74) is -0.522. The van der Waals surface area contributed by atoms with Gasteiger partial charge in [0.05, 0.1) is 12.3 Å². The first-order valence-corrected chi connectivity index (χ1v) is 7.09. The van der Waals surface area contributed by atoms with Crippen LogP contribution in [0.2, 0.25) is 0 Å². The van der Waals surface area contributed by atoms with Gasteiger partial charge in [-0.2, -0.15) is 0 Å². The molecule has 0 fully saturated rings. The van der Waals surface area contributed by atoms with Crippen molar-refractivity contribution in [3.05, 3.63) is 29.8 Å². The van der Waals surface area contributed by atoms with Gasteiger partial charge in [-0.1, -0.05) is 27.2 Å². The number of benzene rings is 1. The number of hydrogen-bond donors (Lipinski definition) is 0. The number of anilines is 1. The second-order valence-electron chi connectivity index (χ2n) is 5.68. The van der Waals surface area contributed by atoms with E-state index in [-0.39, 0.29) is 46.5 Å². The van der Waals surface area contributed by atoms with Crippen LogP contribution in [-0.4, -0.2) is 26.2 Å². The van der Waals surface area contributed by atoms with Crippen LogP contribution in [0.25, 0.3) is 0 Å². The molecule has 1 aromatic carbocycles. The molecule has 0 aliphatic heterocycles. The summed E-state index contributed by atoms with van der Waals surface area (Å²) >= 11 is 0. The Morgan fingerprint density at radius 3 is 2.45 bits per heavy atom. The van der Waals surface area contributed by atoms with Gasteiger partial charge in [-0.25, -0.2) is 8.78 Å². The number of hydrogen-bond acceptors (Lipinski definition) is 2. The molecular weight excluding hydrogens is 324 g/mol. The quantitative estimate of drug-likeness (QED) is 0.703. The first-order valence-electron chi connectivity index (χ1n) is 7.09. The molecule has 0 unspecified atom stereocenters. The maximum Gasteiger partial charge on any atom is 0.232 e. The molecule has 1 aromatic rings. The standard InChI is InChI=1S/C16H23F2NO2.Ti/c1-5-8-16(2,3)15(20)19(9-10-21-4)14-7-6-12(17)11-13(14)18;/h6-7,11H,5,8-10H2,1-4H3;. The SMILES string of the molecule is CCCC(C)(C)C(=O)N(CCOC)c1ccc(F)cc1F.[Ti]. The van der Waals surface area contributed by atoms with Gasteiger partial charge in [0.25, 0.3) is 0 Å². The minimum atomic E-state index is -0.744. The van der Waals surface area contributed by atoms with Gasteiger partial charge in [0.15, 0.2) is 0 Å². The van der Waals surface area contributed by atoms with Crippen molar-refractivity contribution in [1.29, 1.82) is 0 Å². The van der Waals surface area contributed by atoms with E-state index in [4.69, 9.17) is 4.74 Å². The van der Waals surface area contributed by atoms with Crippen LogP contribution < -0.4 is 4.90 Å². The summed E-state index contributed by atoms with van der Waals surface area (Å²) in [6.45, 7) is 6.17. The molecule has 22 heavy (non-hydrogen) atoms. The van der Waals surface area contributed by atoms with Gasteiger partial charge in [-0.15, -0.1) is 0 Å². The van der Waals surface area contributed by atoms with Crippen molar-refractivity contribution in [3.8, 4) is 0 Å². The van der Waals surface area contributed by atoms with Crippen molar-refractivity contribution in [3.63, 3.8) is 0 Å². The molecule has 0 atom stereocenters. The minimum Gasteiger partial charge on any atom is -0.383 e. The number of methoxy groups -OCH3 is 1. The van der Waals surface area contributed by atoms with E-state index in [1.54, 1.807) is 0 Å². The predicted molar refractivity (Wildman–Crippen MR) is 79.3 cm³/mol. The van der Waals surface area contributed by atoms with Crippen molar-refractivity contribution < 1.29 is 40.0 Å². The molecule has 0 aromatic heterocycles. The maximum atomic E-state index is 14.0. The van der Waals surface area contributed by atoms with Gasteiger partial charge < -0.3 is 9.64 Å². The Morgan fingerprint density at radius 1 is 1.32 bits per heavy atom. The summed E-state index contributed by atoms with van der Waals surface area (Å²) in [7, 11) is 1.51. The van der Waals surface area contributed by atoms with Gasteiger partial charge >= 0.3 is 0 Å². The van der Waals surface area contributed by atoms with Crippen molar-refractivity contribution in [2.45, 2.75) is 33.6 Å². The fraction of sp³-hybridized carbons (Fsp3) is 0.562. The van der Waals surface area contributed by atoms with Gasteiger partial charge in [0, 0.05) is 46.9 Å². The van der Waals surface area contributed by atoms with E-state index in [1.165, 1.54) is 18.1 Å². The van der Waals surface area contributed by atoms with Crippen LogP contribution in [0.4, 0.5) is 14.5 Å². The third kappa shape index (κ3) is 5.45. The Bertz CT molecular complexity index is 495. The summed E-state index contributed by atoms with van der Waals surface area (Å²) in [5.74, 6) is -1.60. The van der Waals surface area contributed by atoms with Gasteiger partial charge in [-0.05, 0) is 18.6 Å². The first-order chi connectivity index (χ1) is 9.83. The summed E-state index contributed by atoms with van der Waals surface area (Å²) < 4.78 is 32.0. The van der Waals surface area contributed by atoms with Crippen LogP contribution >= 0.6 is 0 Å². The maximum absolute atomic E-state index is 14.0. The number of rotatable bonds is 7. The zero-order valence-electron chi connectivity index (χ0n) is 13.6. The molecule has 0 aliphatic rings. The van der Waals surface area contributed by atoms with E-state index in [2.05, 4.69) is 0 Å². The molecule has 0 N–H and O–H groups in total. The molecule has 122 valence electrons. The predicted octanol–water partition coefficient (Wildman–Crippen LogP) is 3.77. The van der Waals surface area contributed by atoms with Gasteiger partial charge in [-0.3, -0.25) is 4.79 Å². The fourth-order valence-corrected chi connectivity index (χ4v) is 2.31. The molecule has 6 heteroatoms. The second kappa shape index (κ2) is 9.38. The Hall–Kier alpha value is -0.776. The largest absolute Gasteiger partial charge is 0.383 e. The molecule has 1 rings (SSSR count). The number of amides is 1. The molecule has 3 nitrogen and oxygen atoms in total. The van der Waals surface area contributed by atoms with Gasteiger partial charge in [0.1, 0.15) is 11.6 Å². The average molecular weight is 347 g/mol.